The van der Waals surface area contributed by atoms with Gasteiger partial charge in [0.25, 0.3) is 5.91 Å². The average Bonchev–Trinajstić information content (AvgIpc) is 2.90. The Hall–Kier alpha value is -4.02. The molecule has 2 aromatic carbocycles. The van der Waals surface area contributed by atoms with Crippen LogP contribution in [0.5, 0.6) is 0 Å². The first-order chi connectivity index (χ1) is 18.2. The smallest absolute Gasteiger partial charge is 0.379 e. The maximum atomic E-state index is 13.8. The molecule has 0 atom stereocenters. The van der Waals surface area contributed by atoms with E-state index in [4.69, 9.17) is 4.74 Å². The molecule has 1 aromatic heterocycles. The van der Waals surface area contributed by atoms with Gasteiger partial charge >= 0.3 is 6.18 Å². The third-order valence-corrected chi connectivity index (χ3v) is 6.04. The van der Waals surface area contributed by atoms with Crippen molar-refractivity contribution in [3.05, 3.63) is 94.8 Å². The van der Waals surface area contributed by atoms with Crippen LogP contribution < -0.4 is 10.6 Å². The summed E-state index contributed by atoms with van der Waals surface area (Å²) in [6.45, 7) is 3.99. The number of rotatable bonds is 7. The monoisotopic (exact) mass is 524 g/mol. The van der Waals surface area contributed by atoms with E-state index in [1.807, 2.05) is 4.90 Å². The maximum Gasteiger partial charge on any atom is 0.416 e. The van der Waals surface area contributed by atoms with Crippen molar-refractivity contribution in [2.24, 2.45) is 0 Å². The molecule has 3 aromatic rings. The van der Waals surface area contributed by atoms with Gasteiger partial charge in [-0.1, -0.05) is 18.2 Å². The number of nitrogens with one attached hydrogen (secondary N) is 2. The molecule has 10 heteroatoms. The summed E-state index contributed by atoms with van der Waals surface area (Å²) in [5, 5.41) is 5.27. The molecule has 1 fully saturated rings. The maximum absolute atomic E-state index is 13.8. The third kappa shape index (κ3) is 7.27. The van der Waals surface area contributed by atoms with Gasteiger partial charge in [0.05, 0.1) is 18.8 Å². The molecule has 38 heavy (non-hydrogen) atoms. The van der Waals surface area contributed by atoms with E-state index in [-0.39, 0.29) is 23.4 Å². The lowest BCUT2D eigenvalue weighted by atomic mass is 10.0. The van der Waals surface area contributed by atoms with Crippen LogP contribution in [-0.4, -0.2) is 48.0 Å². The van der Waals surface area contributed by atoms with Crippen LogP contribution in [0.3, 0.4) is 0 Å². The molecule has 198 valence electrons. The van der Waals surface area contributed by atoms with Gasteiger partial charge in [0, 0.05) is 55.0 Å². The van der Waals surface area contributed by atoms with Gasteiger partial charge in [-0.2, -0.15) is 13.2 Å². The fraction of sp³-hybridized carbons (Fsp3) is 0.250. The number of hydrogen-bond donors (Lipinski definition) is 2. The van der Waals surface area contributed by atoms with Crippen LogP contribution in [0.4, 0.5) is 24.5 Å². The lowest BCUT2D eigenvalue weighted by Crippen LogP contribution is -2.36. The Morgan fingerprint density at radius 3 is 2.58 bits per heavy atom. The number of morpholine rings is 1. The highest BCUT2D eigenvalue weighted by Gasteiger charge is 2.34. The highest BCUT2D eigenvalue weighted by Crippen LogP contribution is 2.34. The second-order valence-corrected chi connectivity index (χ2v) is 8.85. The zero-order valence-electron chi connectivity index (χ0n) is 20.7. The number of aryl methyl sites for hydroxylation is 1. The zero-order valence-corrected chi connectivity index (χ0v) is 20.7. The van der Waals surface area contributed by atoms with Gasteiger partial charge in [-0.15, -0.1) is 0 Å². The standard InChI is InChI=1S/C28H27F3N4O3/c1-19-4-6-21(15-25(19)34-26(36)9-5-20-3-2-10-32-17-20)27(37)33-23-8-7-22(24(16-23)28(29,30)31)18-35-11-13-38-14-12-35/h2-10,15-17H,11-14,18H2,1H3,(H,33,37)(H,34,36). The van der Waals surface area contributed by atoms with Gasteiger partial charge in [-0.25, -0.2) is 0 Å². The molecule has 1 aliphatic rings. The average molecular weight is 525 g/mol. The van der Waals surface area contributed by atoms with Crippen LogP contribution in [0, 0.1) is 6.92 Å². The molecule has 2 N–H and O–H groups in total. The normalized spacial score (nSPS) is 14.4. The number of alkyl halides is 3. The Morgan fingerprint density at radius 2 is 1.87 bits per heavy atom. The van der Waals surface area contributed by atoms with Crippen LogP contribution in [0.25, 0.3) is 6.08 Å². The topological polar surface area (TPSA) is 83.6 Å². The van der Waals surface area contributed by atoms with Gasteiger partial charge in [0.1, 0.15) is 0 Å². The van der Waals surface area contributed by atoms with Crippen molar-refractivity contribution in [3.8, 4) is 0 Å². The largest absolute Gasteiger partial charge is 0.416 e. The van der Waals surface area contributed by atoms with E-state index in [9.17, 15) is 22.8 Å². The first kappa shape index (κ1) is 27.0. The number of anilines is 2. The first-order valence-electron chi connectivity index (χ1n) is 12.0. The molecule has 1 aliphatic heterocycles. The summed E-state index contributed by atoms with van der Waals surface area (Å²) in [7, 11) is 0. The fourth-order valence-electron chi connectivity index (χ4n) is 3.98. The Bertz CT molecular complexity index is 1320. The number of halogens is 3. The highest BCUT2D eigenvalue weighted by atomic mass is 19.4. The number of benzene rings is 2. The number of nitrogens with zero attached hydrogens (tertiary/aromatic N) is 2. The van der Waals surface area contributed by atoms with Gasteiger partial charge in [0.15, 0.2) is 0 Å². The van der Waals surface area contributed by atoms with Crippen molar-refractivity contribution in [1.29, 1.82) is 0 Å². The van der Waals surface area contributed by atoms with E-state index in [1.165, 1.54) is 24.3 Å². The van der Waals surface area contributed by atoms with Gasteiger partial charge in [0.2, 0.25) is 5.91 Å². The summed E-state index contributed by atoms with van der Waals surface area (Å²) in [4.78, 5) is 31.2. The molecule has 2 heterocycles. The Morgan fingerprint density at radius 1 is 1.08 bits per heavy atom. The molecule has 0 spiro atoms. The summed E-state index contributed by atoms with van der Waals surface area (Å²) in [5.41, 5.74) is 1.44. The van der Waals surface area contributed by atoms with Gasteiger partial charge in [-0.3, -0.25) is 19.5 Å². The molecule has 0 saturated carbocycles. The number of carbonyl (C=O) groups is 2. The van der Waals surface area contributed by atoms with Crippen molar-refractivity contribution < 1.29 is 27.5 Å². The molecule has 2 amide bonds. The molecular weight excluding hydrogens is 497 g/mol. The Balaban J connectivity index is 1.47. The number of aromatic nitrogens is 1. The molecule has 7 nitrogen and oxygen atoms in total. The van der Waals surface area contributed by atoms with Crippen molar-refractivity contribution >= 4 is 29.3 Å². The fourth-order valence-corrected chi connectivity index (χ4v) is 3.98. The summed E-state index contributed by atoms with van der Waals surface area (Å²) in [6, 6.07) is 12.0. The Kier molecular flexibility index (Phi) is 8.55. The minimum absolute atomic E-state index is 0.0265. The predicted molar refractivity (Wildman–Crippen MR) is 139 cm³/mol. The second-order valence-electron chi connectivity index (χ2n) is 8.85. The molecule has 0 unspecified atom stereocenters. The van der Waals surface area contributed by atoms with Crippen LogP contribution in [-0.2, 0) is 22.3 Å². The Labute approximate surface area is 218 Å². The SMILES string of the molecule is Cc1ccc(C(=O)Nc2ccc(CN3CCOCC3)c(C(F)(F)F)c2)cc1NC(=O)C=Cc1cccnc1. The van der Waals surface area contributed by atoms with E-state index in [0.717, 1.165) is 17.2 Å². The predicted octanol–water partition coefficient (Wildman–Crippen LogP) is 5.15. The molecule has 0 aliphatic carbocycles. The number of hydrogen-bond acceptors (Lipinski definition) is 5. The van der Waals surface area contributed by atoms with Crippen LogP contribution in [0.15, 0.2) is 67.0 Å². The van der Waals surface area contributed by atoms with Crippen LogP contribution in [0.2, 0.25) is 0 Å². The van der Waals surface area contributed by atoms with Crippen molar-refractivity contribution in [2.45, 2.75) is 19.6 Å². The van der Waals surface area contributed by atoms with E-state index in [1.54, 1.807) is 49.7 Å². The van der Waals surface area contributed by atoms with Crippen molar-refractivity contribution in [2.75, 3.05) is 36.9 Å². The van der Waals surface area contributed by atoms with E-state index in [0.29, 0.717) is 32.0 Å². The molecular formula is C28H27F3N4O3. The molecule has 0 radical (unpaired) electrons. The number of amides is 2. The number of ether oxygens (including phenoxy) is 1. The van der Waals surface area contributed by atoms with Crippen LogP contribution in [0.1, 0.15) is 32.6 Å². The van der Waals surface area contributed by atoms with Crippen LogP contribution >= 0.6 is 0 Å². The lowest BCUT2D eigenvalue weighted by molar-refractivity contribution is -0.138. The third-order valence-electron chi connectivity index (χ3n) is 6.04. The van der Waals surface area contributed by atoms with Crippen molar-refractivity contribution in [1.82, 2.24) is 9.88 Å². The first-order valence-corrected chi connectivity index (χ1v) is 12.0. The summed E-state index contributed by atoms with van der Waals surface area (Å²) in [6.07, 6.45) is 1.61. The zero-order chi connectivity index (χ0) is 27.1. The van der Waals surface area contributed by atoms with E-state index >= 15 is 0 Å². The summed E-state index contributed by atoms with van der Waals surface area (Å²) < 4.78 is 46.8. The molecule has 1 saturated heterocycles. The molecule has 4 rings (SSSR count). The number of carbonyl (C=O) groups excluding carboxylic acids is 2. The highest BCUT2D eigenvalue weighted by molar-refractivity contribution is 6.07. The summed E-state index contributed by atoms with van der Waals surface area (Å²) >= 11 is 0. The summed E-state index contributed by atoms with van der Waals surface area (Å²) in [5.74, 6) is -0.999. The van der Waals surface area contributed by atoms with Gasteiger partial charge in [-0.05, 0) is 60.0 Å². The van der Waals surface area contributed by atoms with E-state index in [2.05, 4.69) is 15.6 Å². The van der Waals surface area contributed by atoms with E-state index < -0.39 is 23.6 Å². The molecule has 0 bridgehead atoms. The van der Waals surface area contributed by atoms with Crippen molar-refractivity contribution in [3.63, 3.8) is 0 Å². The lowest BCUT2D eigenvalue weighted by Gasteiger charge is -2.27. The number of pyridine rings is 1. The minimum atomic E-state index is -4.58. The van der Waals surface area contributed by atoms with Gasteiger partial charge < -0.3 is 15.4 Å². The minimum Gasteiger partial charge on any atom is -0.379 e. The quantitative estimate of drug-likeness (QED) is 0.418. The second kappa shape index (κ2) is 12.0.